The van der Waals surface area contributed by atoms with Crippen LogP contribution in [0.2, 0.25) is 0 Å². The average molecular weight is 284 g/mol. The van der Waals surface area contributed by atoms with Crippen LogP contribution >= 0.6 is 0 Å². The number of ether oxygens (including phenoxy) is 1. The molecule has 0 saturated carbocycles. The van der Waals surface area contributed by atoms with Crippen molar-refractivity contribution in [2.45, 2.75) is 6.42 Å². The molecule has 0 bridgehead atoms. The monoisotopic (exact) mass is 284 g/mol. The van der Waals surface area contributed by atoms with Gasteiger partial charge < -0.3 is 10.5 Å². The lowest BCUT2D eigenvalue weighted by Gasteiger charge is -2.19. The zero-order valence-electron chi connectivity index (χ0n) is 10.9. The van der Waals surface area contributed by atoms with E-state index in [1.165, 1.54) is 0 Å². The normalized spacial score (nSPS) is 19.8. The summed E-state index contributed by atoms with van der Waals surface area (Å²) >= 11 is 0. The molecule has 2 rings (SSSR count). The van der Waals surface area contributed by atoms with Crippen LogP contribution in [0.5, 0.6) is 5.75 Å². The quantitative estimate of drug-likeness (QED) is 0.827. The van der Waals surface area contributed by atoms with Crippen LogP contribution in [0.4, 0.5) is 5.69 Å². The van der Waals surface area contributed by atoms with Gasteiger partial charge in [-0.25, -0.2) is 8.42 Å². The summed E-state index contributed by atoms with van der Waals surface area (Å²) in [4.78, 5) is 2.14. The highest BCUT2D eigenvalue weighted by atomic mass is 32.2. The third-order valence-electron chi connectivity index (χ3n) is 3.18. The van der Waals surface area contributed by atoms with Crippen LogP contribution in [0.15, 0.2) is 24.3 Å². The minimum atomic E-state index is -2.83. The Balaban J connectivity index is 1.77. The summed E-state index contributed by atoms with van der Waals surface area (Å²) < 4.78 is 28.6. The van der Waals surface area contributed by atoms with Gasteiger partial charge in [-0.1, -0.05) is 6.07 Å². The number of hydrogen-bond acceptors (Lipinski definition) is 5. The first-order chi connectivity index (χ1) is 9.05. The molecule has 6 heteroatoms. The van der Waals surface area contributed by atoms with E-state index in [-0.39, 0.29) is 5.75 Å². The number of nitrogens with two attached hydrogens (primary N) is 1. The Morgan fingerprint density at radius 1 is 1.26 bits per heavy atom. The van der Waals surface area contributed by atoms with Gasteiger partial charge in [-0.15, -0.1) is 0 Å². The minimum Gasteiger partial charge on any atom is -0.492 e. The number of rotatable bonds is 4. The van der Waals surface area contributed by atoms with Crippen molar-refractivity contribution in [3.05, 3.63) is 24.3 Å². The molecule has 0 aromatic heterocycles. The van der Waals surface area contributed by atoms with E-state index in [0.717, 1.165) is 18.8 Å². The van der Waals surface area contributed by atoms with Crippen molar-refractivity contribution in [1.82, 2.24) is 4.90 Å². The second-order valence-electron chi connectivity index (χ2n) is 4.77. The van der Waals surface area contributed by atoms with Crippen LogP contribution in [0.1, 0.15) is 6.42 Å². The lowest BCUT2D eigenvalue weighted by Crippen LogP contribution is -2.31. The average Bonchev–Trinajstić information content (AvgIpc) is 2.51. The molecule has 0 unspecified atom stereocenters. The summed E-state index contributed by atoms with van der Waals surface area (Å²) in [7, 11) is -2.83. The summed E-state index contributed by atoms with van der Waals surface area (Å²) in [6.07, 6.45) is 0.709. The molecule has 0 radical (unpaired) electrons. The van der Waals surface area contributed by atoms with E-state index < -0.39 is 9.84 Å². The fraction of sp³-hybridized carbons (Fsp3) is 0.538. The first kappa shape index (κ1) is 14.1. The minimum absolute atomic E-state index is 0.255. The van der Waals surface area contributed by atoms with Gasteiger partial charge in [0.2, 0.25) is 0 Å². The number of hydrogen-bond donors (Lipinski definition) is 1. The number of nitrogens with zero attached hydrogens (tertiary/aromatic N) is 1. The van der Waals surface area contributed by atoms with Crippen molar-refractivity contribution < 1.29 is 13.2 Å². The van der Waals surface area contributed by atoms with E-state index in [1.807, 2.05) is 18.2 Å². The lowest BCUT2D eigenvalue weighted by atomic mass is 10.3. The molecule has 1 aliphatic heterocycles. The summed E-state index contributed by atoms with van der Waals surface area (Å²) in [6.45, 7) is 2.70. The van der Waals surface area contributed by atoms with E-state index >= 15 is 0 Å². The molecule has 106 valence electrons. The third kappa shape index (κ3) is 4.72. The van der Waals surface area contributed by atoms with Gasteiger partial charge in [0, 0.05) is 24.8 Å². The first-order valence-electron chi connectivity index (χ1n) is 6.46. The third-order valence-corrected chi connectivity index (χ3v) is 4.90. The number of benzene rings is 1. The van der Waals surface area contributed by atoms with Crippen LogP contribution in [-0.4, -0.2) is 51.1 Å². The maximum Gasteiger partial charge on any atom is 0.151 e. The fourth-order valence-electron chi connectivity index (χ4n) is 2.11. The Bertz CT molecular complexity index is 516. The van der Waals surface area contributed by atoms with Gasteiger partial charge in [0.05, 0.1) is 11.5 Å². The predicted octanol–water partition coefficient (Wildman–Crippen LogP) is 0.768. The predicted molar refractivity (Wildman–Crippen MR) is 76.1 cm³/mol. The van der Waals surface area contributed by atoms with Gasteiger partial charge in [-0.2, -0.15) is 0 Å². The molecular weight excluding hydrogens is 264 g/mol. The highest BCUT2D eigenvalue weighted by molar-refractivity contribution is 7.91. The molecule has 1 heterocycles. The van der Waals surface area contributed by atoms with Crippen molar-refractivity contribution >= 4 is 15.5 Å². The molecule has 1 aromatic carbocycles. The summed E-state index contributed by atoms with van der Waals surface area (Å²) in [5.41, 5.74) is 6.35. The van der Waals surface area contributed by atoms with E-state index in [0.29, 0.717) is 31.0 Å². The molecule has 5 nitrogen and oxygen atoms in total. The maximum atomic E-state index is 11.5. The second kappa shape index (κ2) is 6.25. The van der Waals surface area contributed by atoms with Gasteiger partial charge in [-0.3, -0.25) is 4.90 Å². The zero-order valence-corrected chi connectivity index (χ0v) is 11.7. The Labute approximate surface area is 114 Å². The second-order valence-corrected chi connectivity index (χ2v) is 7.07. The molecule has 1 aromatic rings. The number of anilines is 1. The van der Waals surface area contributed by atoms with Crippen molar-refractivity contribution in [2.24, 2.45) is 0 Å². The summed E-state index contributed by atoms with van der Waals surface area (Å²) in [6, 6.07) is 7.31. The van der Waals surface area contributed by atoms with Gasteiger partial charge >= 0.3 is 0 Å². The largest absolute Gasteiger partial charge is 0.492 e. The van der Waals surface area contributed by atoms with Crippen LogP contribution in [0.3, 0.4) is 0 Å². The standard InChI is InChI=1S/C13H20N2O3S/c14-12-3-1-4-13(11-12)18-8-6-15-5-2-9-19(16,17)10-7-15/h1,3-4,11H,2,5-10,14H2. The number of sulfone groups is 1. The van der Waals surface area contributed by atoms with Crippen molar-refractivity contribution in [3.8, 4) is 5.75 Å². The summed E-state index contributed by atoms with van der Waals surface area (Å²) in [5.74, 6) is 1.31. The maximum absolute atomic E-state index is 11.5. The first-order valence-corrected chi connectivity index (χ1v) is 8.28. The van der Waals surface area contributed by atoms with Crippen LogP contribution in [0.25, 0.3) is 0 Å². The topological polar surface area (TPSA) is 72.6 Å². The molecule has 0 amide bonds. The zero-order chi connectivity index (χ0) is 13.7. The molecule has 19 heavy (non-hydrogen) atoms. The molecule has 2 N–H and O–H groups in total. The van der Waals surface area contributed by atoms with Crippen molar-refractivity contribution in [1.29, 1.82) is 0 Å². The van der Waals surface area contributed by atoms with Gasteiger partial charge in [0.1, 0.15) is 12.4 Å². The Hall–Kier alpha value is -1.27. The van der Waals surface area contributed by atoms with E-state index in [4.69, 9.17) is 10.5 Å². The van der Waals surface area contributed by atoms with Crippen LogP contribution in [-0.2, 0) is 9.84 Å². The highest BCUT2D eigenvalue weighted by Gasteiger charge is 2.18. The molecule has 0 atom stereocenters. The van der Waals surface area contributed by atoms with Crippen molar-refractivity contribution in [2.75, 3.05) is 43.5 Å². The summed E-state index contributed by atoms with van der Waals surface area (Å²) in [5, 5.41) is 0. The van der Waals surface area contributed by atoms with E-state index in [9.17, 15) is 8.42 Å². The Morgan fingerprint density at radius 3 is 2.89 bits per heavy atom. The van der Waals surface area contributed by atoms with Crippen LogP contribution < -0.4 is 10.5 Å². The van der Waals surface area contributed by atoms with Gasteiger partial charge in [0.25, 0.3) is 0 Å². The lowest BCUT2D eigenvalue weighted by molar-refractivity contribution is 0.219. The molecular formula is C13H20N2O3S. The SMILES string of the molecule is Nc1cccc(OCCN2CCCS(=O)(=O)CC2)c1. The Morgan fingerprint density at radius 2 is 2.11 bits per heavy atom. The molecule has 1 fully saturated rings. The van der Waals surface area contributed by atoms with E-state index in [1.54, 1.807) is 6.07 Å². The molecule has 1 saturated heterocycles. The smallest absolute Gasteiger partial charge is 0.151 e. The van der Waals surface area contributed by atoms with Crippen LogP contribution in [0, 0.1) is 0 Å². The molecule has 0 aliphatic carbocycles. The van der Waals surface area contributed by atoms with E-state index in [2.05, 4.69) is 4.90 Å². The highest BCUT2D eigenvalue weighted by Crippen LogP contribution is 2.14. The van der Waals surface area contributed by atoms with Gasteiger partial charge in [0.15, 0.2) is 9.84 Å². The fourth-order valence-corrected chi connectivity index (χ4v) is 3.42. The molecule has 0 spiro atoms. The molecule has 1 aliphatic rings. The number of nitrogen functional groups attached to an aromatic ring is 1. The van der Waals surface area contributed by atoms with Gasteiger partial charge in [-0.05, 0) is 25.1 Å². The Kier molecular flexibility index (Phi) is 4.66. The van der Waals surface area contributed by atoms with Crippen molar-refractivity contribution in [3.63, 3.8) is 0 Å².